The first kappa shape index (κ1) is 23.9. The van der Waals surface area contributed by atoms with Crippen LogP contribution in [0.4, 0.5) is 5.13 Å². The molecule has 0 bridgehead atoms. The van der Waals surface area contributed by atoms with Gasteiger partial charge in [0.05, 0.1) is 41.5 Å². The number of ether oxygens (including phenoxy) is 1. The van der Waals surface area contributed by atoms with Crippen LogP contribution < -0.4 is 4.90 Å². The van der Waals surface area contributed by atoms with Crippen molar-refractivity contribution in [2.75, 3.05) is 24.6 Å². The molecule has 37 heavy (non-hydrogen) atoms. The van der Waals surface area contributed by atoms with E-state index in [0.29, 0.717) is 18.2 Å². The molecule has 0 amide bonds. The summed E-state index contributed by atoms with van der Waals surface area (Å²) in [6.07, 6.45) is 1.75. The number of fused-ring (bicyclic) bond motifs is 2. The fourth-order valence-electron chi connectivity index (χ4n) is 5.07. The number of anilines is 1. The number of rotatable bonds is 5. The molecule has 1 unspecified atom stereocenters. The Kier molecular flexibility index (Phi) is 6.10. The Morgan fingerprint density at radius 3 is 2.81 bits per heavy atom. The summed E-state index contributed by atoms with van der Waals surface area (Å²) in [6, 6.07) is 15.9. The van der Waals surface area contributed by atoms with E-state index in [1.54, 1.807) is 11.3 Å². The van der Waals surface area contributed by atoms with E-state index >= 15 is 0 Å². The zero-order valence-corrected chi connectivity index (χ0v) is 22.0. The van der Waals surface area contributed by atoms with E-state index < -0.39 is 5.97 Å². The minimum Gasteiger partial charge on any atom is -0.481 e. The number of carboxylic acids is 1. The lowest BCUT2D eigenvalue weighted by atomic mass is 9.93. The number of nitrogens with zero attached hydrogens (tertiary/aromatic N) is 4. The Morgan fingerprint density at radius 2 is 2.03 bits per heavy atom. The van der Waals surface area contributed by atoms with E-state index in [2.05, 4.69) is 28.2 Å². The summed E-state index contributed by atoms with van der Waals surface area (Å²) in [6.45, 7) is 3.97. The van der Waals surface area contributed by atoms with Gasteiger partial charge in [-0.2, -0.15) is 5.10 Å². The van der Waals surface area contributed by atoms with Crippen molar-refractivity contribution in [3.63, 3.8) is 0 Å². The Labute approximate surface area is 222 Å². The predicted molar refractivity (Wildman–Crippen MR) is 148 cm³/mol. The van der Waals surface area contributed by atoms with Gasteiger partial charge in [0.25, 0.3) is 0 Å². The number of benzene rings is 3. The van der Waals surface area contributed by atoms with Gasteiger partial charge in [-0.3, -0.25) is 9.48 Å². The van der Waals surface area contributed by atoms with Crippen molar-refractivity contribution < 1.29 is 14.6 Å². The monoisotopic (exact) mass is 532 g/mol. The molecule has 2 aromatic heterocycles. The van der Waals surface area contributed by atoms with Crippen LogP contribution in [0, 0.1) is 6.92 Å². The molecule has 1 N–H and O–H groups in total. The van der Waals surface area contributed by atoms with Crippen LogP contribution in [0.3, 0.4) is 0 Å². The maximum Gasteiger partial charge on any atom is 0.307 e. The third-order valence-electron chi connectivity index (χ3n) is 6.94. The molecule has 3 aromatic carbocycles. The van der Waals surface area contributed by atoms with Crippen molar-refractivity contribution >= 4 is 55.2 Å². The number of hydrogen-bond acceptors (Lipinski definition) is 6. The average Bonchev–Trinajstić information content (AvgIpc) is 3.48. The summed E-state index contributed by atoms with van der Waals surface area (Å²) in [5, 5.41) is 16.6. The molecule has 0 aliphatic carbocycles. The third-order valence-corrected chi connectivity index (χ3v) is 8.34. The van der Waals surface area contributed by atoms with Crippen LogP contribution in [-0.2, 0) is 23.0 Å². The van der Waals surface area contributed by atoms with Crippen molar-refractivity contribution in [1.29, 1.82) is 0 Å². The van der Waals surface area contributed by atoms with E-state index in [1.165, 1.54) is 0 Å². The number of hydrogen-bond donors (Lipinski definition) is 1. The van der Waals surface area contributed by atoms with Crippen molar-refractivity contribution in [1.82, 2.24) is 14.8 Å². The van der Waals surface area contributed by atoms with Crippen LogP contribution in [0.2, 0.25) is 5.02 Å². The van der Waals surface area contributed by atoms with Gasteiger partial charge in [0.15, 0.2) is 5.13 Å². The van der Waals surface area contributed by atoms with Gasteiger partial charge in [0, 0.05) is 29.6 Å². The quantitative estimate of drug-likeness (QED) is 0.298. The van der Waals surface area contributed by atoms with Crippen LogP contribution in [0.1, 0.15) is 22.8 Å². The summed E-state index contributed by atoms with van der Waals surface area (Å²) >= 11 is 7.75. The Morgan fingerprint density at radius 1 is 1.22 bits per heavy atom. The number of carboxylic acid groups (broad SMARTS) is 1. The van der Waals surface area contributed by atoms with Gasteiger partial charge in [-0.25, -0.2) is 4.98 Å². The normalized spacial score (nSPS) is 16.1. The van der Waals surface area contributed by atoms with Crippen LogP contribution in [0.15, 0.2) is 54.7 Å². The van der Waals surface area contributed by atoms with E-state index in [4.69, 9.17) is 21.3 Å². The minimum absolute atomic E-state index is 0.0522. The molecular weight excluding hydrogens is 508 g/mol. The fraction of sp³-hybridized carbons (Fsp3) is 0.250. The van der Waals surface area contributed by atoms with Crippen LogP contribution in [0.25, 0.3) is 32.2 Å². The van der Waals surface area contributed by atoms with Crippen molar-refractivity contribution in [2.24, 2.45) is 7.05 Å². The molecular formula is C28H25ClN4O3S. The van der Waals surface area contributed by atoms with Crippen LogP contribution in [-0.4, -0.2) is 45.5 Å². The maximum atomic E-state index is 11.7. The lowest BCUT2D eigenvalue weighted by molar-refractivity contribution is -0.136. The number of aliphatic carboxylic acids is 1. The zero-order valence-electron chi connectivity index (χ0n) is 20.4. The first-order chi connectivity index (χ1) is 17.9. The third kappa shape index (κ3) is 4.45. The highest BCUT2D eigenvalue weighted by atomic mass is 35.5. The van der Waals surface area contributed by atoms with E-state index in [1.807, 2.05) is 55.2 Å². The molecule has 7 nitrogen and oxygen atoms in total. The predicted octanol–water partition coefficient (Wildman–Crippen LogP) is 6.02. The lowest BCUT2D eigenvalue weighted by Gasteiger charge is -2.33. The highest BCUT2D eigenvalue weighted by Gasteiger charge is 2.26. The molecule has 3 heterocycles. The van der Waals surface area contributed by atoms with Crippen molar-refractivity contribution in [3.05, 3.63) is 76.4 Å². The molecule has 1 atom stereocenters. The zero-order chi connectivity index (χ0) is 25.7. The molecule has 188 valence electrons. The second kappa shape index (κ2) is 9.45. The topological polar surface area (TPSA) is 80.5 Å². The van der Waals surface area contributed by atoms with Gasteiger partial charge in [-0.15, -0.1) is 0 Å². The second-order valence-electron chi connectivity index (χ2n) is 9.36. The van der Waals surface area contributed by atoms with Gasteiger partial charge in [-0.1, -0.05) is 41.1 Å². The summed E-state index contributed by atoms with van der Waals surface area (Å²) < 4.78 is 9.02. The number of aromatic nitrogens is 3. The van der Waals surface area contributed by atoms with Gasteiger partial charge in [-0.05, 0) is 59.5 Å². The summed E-state index contributed by atoms with van der Waals surface area (Å²) in [4.78, 5) is 19.0. The number of aryl methyl sites for hydroxylation is 2. The number of thiazole rings is 1. The van der Waals surface area contributed by atoms with Gasteiger partial charge in [0.2, 0.25) is 0 Å². The second-order valence-corrected chi connectivity index (χ2v) is 10.8. The highest BCUT2D eigenvalue weighted by Crippen LogP contribution is 2.41. The molecule has 1 aliphatic rings. The smallest absolute Gasteiger partial charge is 0.307 e. The number of morpholine rings is 1. The molecule has 0 spiro atoms. The van der Waals surface area contributed by atoms with Crippen LogP contribution >= 0.6 is 22.9 Å². The fourth-order valence-corrected chi connectivity index (χ4v) is 6.37. The highest BCUT2D eigenvalue weighted by molar-refractivity contribution is 7.22. The molecule has 6 rings (SSSR count). The van der Waals surface area contributed by atoms with E-state index in [-0.39, 0.29) is 12.5 Å². The first-order valence-electron chi connectivity index (χ1n) is 12.1. The van der Waals surface area contributed by atoms with Crippen molar-refractivity contribution in [3.8, 4) is 11.1 Å². The number of carbonyl (C=O) groups is 1. The number of halogens is 1. The molecule has 1 saturated heterocycles. The van der Waals surface area contributed by atoms with E-state index in [0.717, 1.165) is 60.6 Å². The van der Waals surface area contributed by atoms with Gasteiger partial charge < -0.3 is 14.7 Å². The average molecular weight is 533 g/mol. The summed E-state index contributed by atoms with van der Waals surface area (Å²) in [5.41, 5.74) is 6.66. The molecule has 9 heteroatoms. The van der Waals surface area contributed by atoms with Gasteiger partial charge >= 0.3 is 5.97 Å². The molecule has 1 fully saturated rings. The van der Waals surface area contributed by atoms with E-state index in [9.17, 15) is 9.90 Å². The first-order valence-corrected chi connectivity index (χ1v) is 13.3. The SMILES string of the molecule is Cc1cc2nc(N3CCOC(c4ccc5c(cnn5C)c4)C3)sc2c(-c2ccc(Cl)cc2)c1CC(=O)O. The Bertz CT molecular complexity index is 1640. The largest absolute Gasteiger partial charge is 0.481 e. The molecule has 1 aliphatic heterocycles. The van der Waals surface area contributed by atoms with Crippen LogP contribution in [0.5, 0.6) is 0 Å². The Hall–Kier alpha value is -3.46. The summed E-state index contributed by atoms with van der Waals surface area (Å²) in [5.74, 6) is -0.857. The van der Waals surface area contributed by atoms with Gasteiger partial charge in [0.1, 0.15) is 6.10 Å². The lowest BCUT2D eigenvalue weighted by Crippen LogP contribution is -2.38. The maximum absolute atomic E-state index is 11.7. The minimum atomic E-state index is -0.857. The van der Waals surface area contributed by atoms with Crippen molar-refractivity contribution in [2.45, 2.75) is 19.4 Å². The Balaban J connectivity index is 1.39. The molecule has 5 aromatic rings. The standard InChI is InChI=1S/C28H25ClN4O3S/c1-16-11-22-27(26(21(16)13-25(34)35)17-3-6-20(29)7-4-17)37-28(31-22)33-9-10-36-24(15-33)18-5-8-23-19(12-18)14-30-32(23)2/h3-8,11-12,14,24H,9-10,13,15H2,1-2H3,(H,34,35). The molecule has 0 saturated carbocycles. The summed E-state index contributed by atoms with van der Waals surface area (Å²) in [7, 11) is 1.94. The molecule has 0 radical (unpaired) electrons.